The van der Waals surface area contributed by atoms with Gasteiger partial charge in [0.25, 0.3) is 0 Å². The Hall–Kier alpha value is -0.500. The van der Waals surface area contributed by atoms with Gasteiger partial charge in [-0.2, -0.15) is 0 Å². The second-order valence-electron chi connectivity index (χ2n) is 5.40. The molecule has 1 saturated carbocycles. The van der Waals surface area contributed by atoms with E-state index in [9.17, 15) is 4.39 Å². The van der Waals surface area contributed by atoms with Gasteiger partial charge in [-0.25, -0.2) is 4.39 Å². The molecule has 22 heavy (non-hydrogen) atoms. The third-order valence-electron chi connectivity index (χ3n) is 3.62. The number of hydrogen-bond donors (Lipinski definition) is 2. The van der Waals surface area contributed by atoms with Crippen LogP contribution in [0.2, 0.25) is 0 Å². The van der Waals surface area contributed by atoms with E-state index in [1.54, 1.807) is 11.8 Å². The zero-order chi connectivity index (χ0) is 14.9. The Bertz CT molecular complexity index is 447. The Morgan fingerprint density at radius 2 is 1.91 bits per heavy atom. The number of nitrogens with one attached hydrogen (secondary N) is 1. The summed E-state index contributed by atoms with van der Waals surface area (Å²) in [6, 6.07) is 7.11. The summed E-state index contributed by atoms with van der Waals surface area (Å²) in [6.07, 6.45) is 7.30. The Morgan fingerprint density at radius 1 is 1.23 bits per heavy atom. The van der Waals surface area contributed by atoms with Crippen molar-refractivity contribution in [2.45, 2.75) is 49.5 Å². The van der Waals surface area contributed by atoms with E-state index in [2.05, 4.69) is 10.3 Å². The van der Waals surface area contributed by atoms with Crippen LogP contribution >= 0.6 is 35.7 Å². The molecular weight excluding hydrogens is 412 g/mol. The van der Waals surface area contributed by atoms with Crippen molar-refractivity contribution in [3.63, 3.8) is 0 Å². The molecule has 1 aromatic carbocycles. The minimum Gasteiger partial charge on any atom is -0.370 e. The molecule has 0 aliphatic heterocycles. The van der Waals surface area contributed by atoms with Crippen molar-refractivity contribution in [2.24, 2.45) is 10.7 Å². The zero-order valence-electron chi connectivity index (χ0n) is 12.8. The van der Waals surface area contributed by atoms with E-state index in [0.717, 1.165) is 23.6 Å². The Balaban J connectivity index is 0.00000242. The van der Waals surface area contributed by atoms with Crippen LogP contribution in [0.15, 0.2) is 34.2 Å². The molecule has 0 aromatic heterocycles. The van der Waals surface area contributed by atoms with Crippen LogP contribution < -0.4 is 11.1 Å². The summed E-state index contributed by atoms with van der Waals surface area (Å²) in [4.78, 5) is 5.46. The summed E-state index contributed by atoms with van der Waals surface area (Å²) in [6.45, 7) is 0.736. The van der Waals surface area contributed by atoms with Crippen molar-refractivity contribution in [2.75, 3.05) is 12.3 Å². The predicted molar refractivity (Wildman–Crippen MR) is 104 cm³/mol. The van der Waals surface area contributed by atoms with E-state index in [0.29, 0.717) is 12.0 Å². The van der Waals surface area contributed by atoms with Crippen LogP contribution in [-0.4, -0.2) is 24.3 Å². The topological polar surface area (TPSA) is 50.4 Å². The molecule has 0 heterocycles. The number of thioether (sulfide) groups is 1. The van der Waals surface area contributed by atoms with Gasteiger partial charge in [-0.15, -0.1) is 35.7 Å². The van der Waals surface area contributed by atoms with Crippen LogP contribution in [0.3, 0.4) is 0 Å². The Labute approximate surface area is 153 Å². The molecule has 0 spiro atoms. The number of aliphatic imine (C=N–C) groups is 1. The quantitative estimate of drug-likeness (QED) is 0.231. The number of guanidine groups is 1. The number of nitrogens with two attached hydrogens (primary N) is 1. The molecule has 3 N–H and O–H groups in total. The first-order valence-electron chi connectivity index (χ1n) is 7.69. The van der Waals surface area contributed by atoms with Gasteiger partial charge in [0.1, 0.15) is 5.82 Å². The monoisotopic (exact) mass is 437 g/mol. The molecule has 2 rings (SSSR count). The van der Waals surface area contributed by atoms with E-state index in [1.165, 1.54) is 44.2 Å². The lowest BCUT2D eigenvalue weighted by Crippen LogP contribution is -2.41. The summed E-state index contributed by atoms with van der Waals surface area (Å²) in [5.74, 6) is 1.35. The number of benzene rings is 1. The third-order valence-corrected chi connectivity index (χ3v) is 4.72. The number of rotatable bonds is 6. The molecule has 124 valence electrons. The molecular formula is C16H25FIN3S. The van der Waals surface area contributed by atoms with Crippen molar-refractivity contribution in [3.05, 3.63) is 30.1 Å². The highest BCUT2D eigenvalue weighted by molar-refractivity contribution is 14.0. The molecule has 1 aromatic rings. The smallest absolute Gasteiger partial charge is 0.188 e. The molecule has 0 atom stereocenters. The van der Waals surface area contributed by atoms with Gasteiger partial charge in [-0.05, 0) is 49.3 Å². The number of halogens is 2. The van der Waals surface area contributed by atoms with Gasteiger partial charge in [-0.3, -0.25) is 4.99 Å². The maximum atomic E-state index is 12.8. The molecule has 0 unspecified atom stereocenters. The van der Waals surface area contributed by atoms with Crippen LogP contribution in [-0.2, 0) is 0 Å². The van der Waals surface area contributed by atoms with Gasteiger partial charge < -0.3 is 11.1 Å². The van der Waals surface area contributed by atoms with Crippen LogP contribution in [0.4, 0.5) is 4.39 Å². The fourth-order valence-electron chi connectivity index (χ4n) is 2.49. The lowest BCUT2D eigenvalue weighted by atomic mass is 9.96. The highest BCUT2D eigenvalue weighted by Gasteiger charge is 2.12. The first kappa shape index (κ1) is 19.5. The molecule has 3 nitrogen and oxygen atoms in total. The van der Waals surface area contributed by atoms with E-state index in [1.807, 2.05) is 12.1 Å². The molecule has 0 amide bonds. The molecule has 0 radical (unpaired) electrons. The average Bonchev–Trinajstić information content (AvgIpc) is 2.50. The van der Waals surface area contributed by atoms with Crippen molar-refractivity contribution in [1.82, 2.24) is 5.32 Å². The SMILES string of the molecule is I.NC(=NCCCSc1ccc(F)cc1)NC1CCCCC1. The number of hydrogen-bond acceptors (Lipinski definition) is 2. The lowest BCUT2D eigenvalue weighted by molar-refractivity contribution is 0.412. The van der Waals surface area contributed by atoms with Crippen molar-refractivity contribution < 1.29 is 4.39 Å². The van der Waals surface area contributed by atoms with Crippen molar-refractivity contribution in [1.29, 1.82) is 0 Å². The van der Waals surface area contributed by atoms with Gasteiger partial charge in [0.05, 0.1) is 0 Å². The third kappa shape index (κ3) is 7.67. The summed E-state index contributed by atoms with van der Waals surface area (Å²) >= 11 is 1.72. The second kappa shape index (κ2) is 11.1. The van der Waals surface area contributed by atoms with Crippen LogP contribution in [0.1, 0.15) is 38.5 Å². The Morgan fingerprint density at radius 3 is 2.59 bits per heavy atom. The molecule has 1 aliphatic rings. The number of nitrogens with zero attached hydrogens (tertiary/aromatic N) is 1. The maximum Gasteiger partial charge on any atom is 0.188 e. The minimum absolute atomic E-state index is 0. The standard InChI is InChI=1S/C16H24FN3S.HI/c17-13-7-9-15(10-8-13)21-12-4-11-19-16(18)20-14-5-2-1-3-6-14;/h7-10,14H,1-6,11-12H2,(H3,18,19,20);1H. The van der Waals surface area contributed by atoms with Gasteiger partial charge in [-0.1, -0.05) is 19.3 Å². The molecule has 1 fully saturated rings. The van der Waals surface area contributed by atoms with Gasteiger partial charge in [0, 0.05) is 17.5 Å². The summed E-state index contributed by atoms with van der Waals surface area (Å²) in [5.41, 5.74) is 5.90. The van der Waals surface area contributed by atoms with Gasteiger partial charge >= 0.3 is 0 Å². The van der Waals surface area contributed by atoms with E-state index in [-0.39, 0.29) is 29.8 Å². The lowest BCUT2D eigenvalue weighted by Gasteiger charge is -2.23. The summed E-state index contributed by atoms with van der Waals surface area (Å²) in [5, 5.41) is 3.31. The minimum atomic E-state index is -0.189. The normalized spacial score (nSPS) is 16.1. The highest BCUT2D eigenvalue weighted by Crippen LogP contribution is 2.19. The van der Waals surface area contributed by atoms with E-state index >= 15 is 0 Å². The maximum absolute atomic E-state index is 12.8. The van der Waals surface area contributed by atoms with Crippen LogP contribution in [0.25, 0.3) is 0 Å². The van der Waals surface area contributed by atoms with Gasteiger partial charge in [0.15, 0.2) is 5.96 Å². The fourth-order valence-corrected chi connectivity index (χ4v) is 3.32. The first-order chi connectivity index (χ1) is 10.2. The fraction of sp³-hybridized carbons (Fsp3) is 0.562. The van der Waals surface area contributed by atoms with E-state index < -0.39 is 0 Å². The zero-order valence-corrected chi connectivity index (χ0v) is 15.9. The largest absolute Gasteiger partial charge is 0.370 e. The first-order valence-corrected chi connectivity index (χ1v) is 8.67. The van der Waals surface area contributed by atoms with Crippen LogP contribution in [0.5, 0.6) is 0 Å². The second-order valence-corrected chi connectivity index (χ2v) is 6.57. The highest BCUT2D eigenvalue weighted by atomic mass is 127. The Kier molecular flexibility index (Phi) is 9.86. The summed E-state index contributed by atoms with van der Waals surface area (Å²) in [7, 11) is 0. The molecule has 1 aliphatic carbocycles. The predicted octanol–water partition coefficient (Wildman–Crippen LogP) is 4.16. The molecule has 6 heteroatoms. The van der Waals surface area contributed by atoms with E-state index in [4.69, 9.17) is 5.73 Å². The van der Waals surface area contributed by atoms with Crippen molar-refractivity contribution >= 4 is 41.7 Å². The molecule has 0 bridgehead atoms. The van der Waals surface area contributed by atoms with Crippen LogP contribution in [0, 0.1) is 5.82 Å². The van der Waals surface area contributed by atoms with Gasteiger partial charge in [0.2, 0.25) is 0 Å². The average molecular weight is 437 g/mol. The summed E-state index contributed by atoms with van der Waals surface area (Å²) < 4.78 is 12.8. The molecule has 0 saturated heterocycles. The van der Waals surface area contributed by atoms with Crippen molar-refractivity contribution in [3.8, 4) is 0 Å².